The van der Waals surface area contributed by atoms with Gasteiger partial charge in [0.05, 0.1) is 11.9 Å². The minimum absolute atomic E-state index is 0.262. The van der Waals surface area contributed by atoms with Crippen LogP contribution in [0.2, 0.25) is 0 Å². The Morgan fingerprint density at radius 2 is 1.88 bits per heavy atom. The van der Waals surface area contributed by atoms with Gasteiger partial charge in [0, 0.05) is 6.54 Å². The summed E-state index contributed by atoms with van der Waals surface area (Å²) >= 11 is 0. The molecule has 1 N–H and O–H groups in total. The van der Waals surface area contributed by atoms with E-state index in [0.29, 0.717) is 18.2 Å². The third-order valence-corrected chi connectivity index (χ3v) is 6.03. The first kappa shape index (κ1) is 19.7. The topological polar surface area (TPSA) is 69.7 Å². The second-order valence-electron chi connectivity index (χ2n) is 6.90. The monoisotopic (exact) mass is 367 g/mol. The number of likely N-dealkylation sites (tertiary alicyclic amines) is 1. The van der Waals surface area contributed by atoms with Crippen molar-refractivity contribution in [2.24, 2.45) is 5.92 Å². The summed E-state index contributed by atoms with van der Waals surface area (Å²) in [5.41, 5.74) is 0.503. The van der Waals surface area contributed by atoms with E-state index in [4.69, 9.17) is 0 Å². The fourth-order valence-corrected chi connectivity index (χ4v) is 4.46. The molecule has 0 aliphatic carbocycles. The Kier molecular flexibility index (Phi) is 6.84. The molecule has 1 atom stereocenters. The molecule has 1 unspecified atom stereocenters. The first-order chi connectivity index (χ1) is 11.8. The molecule has 1 fully saturated rings. The molecular weight excluding hydrogens is 338 g/mol. The van der Waals surface area contributed by atoms with E-state index in [2.05, 4.69) is 17.3 Å². The van der Waals surface area contributed by atoms with E-state index < -0.39 is 16.1 Å². The van der Waals surface area contributed by atoms with Crippen molar-refractivity contribution >= 4 is 21.6 Å². The zero-order chi connectivity index (χ0) is 18.4. The molecule has 0 saturated carbocycles. The second kappa shape index (κ2) is 8.67. The number of hydrogen-bond acceptors (Lipinski definition) is 4. The molecule has 2 rings (SSSR count). The number of nitrogens with zero attached hydrogens (tertiary/aromatic N) is 2. The molecule has 0 bridgehead atoms. The molecule has 0 spiro atoms. The molecule has 1 aromatic rings. The van der Waals surface area contributed by atoms with E-state index in [1.807, 2.05) is 6.07 Å². The van der Waals surface area contributed by atoms with Gasteiger partial charge in [-0.15, -0.1) is 0 Å². The average molecular weight is 368 g/mol. The zero-order valence-electron chi connectivity index (χ0n) is 15.3. The molecule has 1 aliphatic rings. The Hall–Kier alpha value is -1.60. The molecule has 0 aromatic heterocycles. The number of hydrogen-bond donors (Lipinski definition) is 1. The lowest BCUT2D eigenvalue weighted by Crippen LogP contribution is -2.48. The van der Waals surface area contributed by atoms with Gasteiger partial charge < -0.3 is 10.2 Å². The van der Waals surface area contributed by atoms with Crippen LogP contribution in [0.1, 0.15) is 26.2 Å². The number of nitrogens with one attached hydrogen (secondary N) is 1. The summed E-state index contributed by atoms with van der Waals surface area (Å²) in [5, 5.41) is 2.90. The van der Waals surface area contributed by atoms with E-state index in [9.17, 15) is 13.2 Å². The Morgan fingerprint density at radius 1 is 1.28 bits per heavy atom. The van der Waals surface area contributed by atoms with Crippen LogP contribution < -0.4 is 9.62 Å². The summed E-state index contributed by atoms with van der Waals surface area (Å²) in [6.07, 6.45) is 4.38. The predicted molar refractivity (Wildman–Crippen MR) is 101 cm³/mol. The lowest BCUT2D eigenvalue weighted by atomic mass is 9.94. The molecule has 1 aromatic carbocycles. The van der Waals surface area contributed by atoms with Gasteiger partial charge in [-0.25, -0.2) is 8.42 Å². The number of para-hydroxylation sites is 1. The van der Waals surface area contributed by atoms with Gasteiger partial charge >= 0.3 is 0 Å². The van der Waals surface area contributed by atoms with Crippen LogP contribution in [-0.4, -0.2) is 58.2 Å². The normalized spacial score (nSPS) is 17.9. The van der Waals surface area contributed by atoms with Gasteiger partial charge in [0.1, 0.15) is 6.04 Å². The summed E-state index contributed by atoms with van der Waals surface area (Å²) in [6.45, 7) is 4.42. The van der Waals surface area contributed by atoms with Gasteiger partial charge in [0.2, 0.25) is 15.9 Å². The highest BCUT2D eigenvalue weighted by Gasteiger charge is 2.29. The number of anilines is 1. The van der Waals surface area contributed by atoms with Gasteiger partial charge in [0.15, 0.2) is 0 Å². The number of benzene rings is 1. The lowest BCUT2D eigenvalue weighted by molar-refractivity contribution is -0.121. The lowest BCUT2D eigenvalue weighted by Gasteiger charge is -2.30. The van der Waals surface area contributed by atoms with E-state index >= 15 is 0 Å². The fraction of sp³-hybridized carbons (Fsp3) is 0.611. The van der Waals surface area contributed by atoms with Crippen molar-refractivity contribution < 1.29 is 13.2 Å². The number of carbonyl (C=O) groups excluding carboxylic acids is 1. The first-order valence-electron chi connectivity index (χ1n) is 8.79. The molecule has 7 heteroatoms. The molecule has 6 nitrogen and oxygen atoms in total. The van der Waals surface area contributed by atoms with Crippen LogP contribution in [-0.2, 0) is 14.8 Å². The fourth-order valence-electron chi connectivity index (χ4n) is 3.28. The van der Waals surface area contributed by atoms with Gasteiger partial charge in [-0.05, 0) is 64.4 Å². The number of carbonyl (C=O) groups is 1. The quantitative estimate of drug-likeness (QED) is 0.796. The number of rotatable bonds is 7. The van der Waals surface area contributed by atoms with Crippen molar-refractivity contribution in [3.8, 4) is 0 Å². The van der Waals surface area contributed by atoms with Crippen LogP contribution in [0.3, 0.4) is 0 Å². The Morgan fingerprint density at radius 3 is 2.44 bits per heavy atom. The van der Waals surface area contributed by atoms with Crippen LogP contribution in [0.5, 0.6) is 0 Å². The maximum atomic E-state index is 12.5. The summed E-state index contributed by atoms with van der Waals surface area (Å²) in [5.74, 6) is 0.370. The van der Waals surface area contributed by atoms with Crippen molar-refractivity contribution in [2.45, 2.75) is 32.2 Å². The van der Waals surface area contributed by atoms with Crippen molar-refractivity contribution in [3.05, 3.63) is 30.3 Å². The van der Waals surface area contributed by atoms with Crippen molar-refractivity contribution in [3.63, 3.8) is 0 Å². The van der Waals surface area contributed by atoms with Crippen LogP contribution >= 0.6 is 0 Å². The van der Waals surface area contributed by atoms with Gasteiger partial charge in [0.25, 0.3) is 0 Å². The van der Waals surface area contributed by atoms with E-state index in [1.54, 1.807) is 31.2 Å². The highest BCUT2D eigenvalue weighted by Crippen LogP contribution is 2.21. The summed E-state index contributed by atoms with van der Waals surface area (Å²) < 4.78 is 25.5. The molecule has 1 saturated heterocycles. The third-order valence-electron chi connectivity index (χ3n) is 4.79. The Balaban J connectivity index is 1.92. The molecular formula is C18H29N3O3S. The predicted octanol–water partition coefficient (Wildman–Crippen LogP) is 1.69. The van der Waals surface area contributed by atoms with Crippen LogP contribution in [0.25, 0.3) is 0 Å². The Labute approximate surface area is 151 Å². The van der Waals surface area contributed by atoms with E-state index in [1.165, 1.54) is 4.31 Å². The highest BCUT2D eigenvalue weighted by molar-refractivity contribution is 7.92. The highest BCUT2D eigenvalue weighted by atomic mass is 32.2. The zero-order valence-corrected chi connectivity index (χ0v) is 16.1. The van der Waals surface area contributed by atoms with Crippen molar-refractivity contribution in [2.75, 3.05) is 37.2 Å². The van der Waals surface area contributed by atoms with E-state index in [-0.39, 0.29) is 5.91 Å². The van der Waals surface area contributed by atoms with Crippen LogP contribution in [0.4, 0.5) is 5.69 Å². The van der Waals surface area contributed by atoms with Gasteiger partial charge in [-0.1, -0.05) is 18.2 Å². The van der Waals surface area contributed by atoms with Crippen LogP contribution in [0.15, 0.2) is 30.3 Å². The third kappa shape index (κ3) is 5.71. The van der Waals surface area contributed by atoms with Gasteiger partial charge in [-0.3, -0.25) is 9.10 Å². The maximum Gasteiger partial charge on any atom is 0.243 e. The average Bonchev–Trinajstić information content (AvgIpc) is 2.56. The second-order valence-corrected chi connectivity index (χ2v) is 8.76. The van der Waals surface area contributed by atoms with Gasteiger partial charge in [-0.2, -0.15) is 0 Å². The first-order valence-corrected chi connectivity index (χ1v) is 10.6. The number of amides is 1. The smallest absolute Gasteiger partial charge is 0.243 e. The summed E-state index contributed by atoms with van der Waals surface area (Å²) in [6, 6.07) is 7.95. The molecule has 1 aliphatic heterocycles. The van der Waals surface area contributed by atoms with Crippen molar-refractivity contribution in [1.82, 2.24) is 10.2 Å². The molecule has 0 radical (unpaired) electrons. The van der Waals surface area contributed by atoms with Crippen LogP contribution in [0, 0.1) is 5.92 Å². The largest absolute Gasteiger partial charge is 0.354 e. The SMILES string of the molecule is CC(C(=O)NCCC1CCN(C)CC1)N(c1ccccc1)S(C)(=O)=O. The van der Waals surface area contributed by atoms with Crippen molar-refractivity contribution in [1.29, 1.82) is 0 Å². The maximum absolute atomic E-state index is 12.5. The molecule has 1 amide bonds. The molecule has 1 heterocycles. The van der Waals surface area contributed by atoms with E-state index in [0.717, 1.165) is 38.6 Å². The standard InChI is InChI=1S/C18H29N3O3S/c1-15(21(25(3,23)24)17-7-5-4-6-8-17)18(22)19-12-9-16-10-13-20(2)14-11-16/h4-8,15-16H,9-14H2,1-3H3,(H,19,22). The summed E-state index contributed by atoms with van der Waals surface area (Å²) in [7, 11) is -1.42. The minimum atomic E-state index is -3.55. The molecule has 140 valence electrons. The molecule has 25 heavy (non-hydrogen) atoms. The number of sulfonamides is 1. The minimum Gasteiger partial charge on any atom is -0.354 e. The Bertz CT molecular complexity index is 655. The summed E-state index contributed by atoms with van der Waals surface area (Å²) in [4.78, 5) is 14.8. The number of piperidine rings is 1.